The molecule has 4 rings (SSSR count). The third-order valence-electron chi connectivity index (χ3n) is 5.52. The van der Waals surface area contributed by atoms with Crippen LogP contribution in [0.5, 0.6) is 5.75 Å². The van der Waals surface area contributed by atoms with Gasteiger partial charge in [0.05, 0.1) is 22.2 Å². The quantitative estimate of drug-likeness (QED) is 0.465. The minimum atomic E-state index is -3.83. The molecule has 1 amide bonds. The van der Waals surface area contributed by atoms with E-state index in [0.29, 0.717) is 29.2 Å². The second kappa shape index (κ2) is 10.2. The van der Waals surface area contributed by atoms with E-state index in [1.165, 1.54) is 39.9 Å². The van der Waals surface area contributed by atoms with E-state index in [9.17, 15) is 13.2 Å². The van der Waals surface area contributed by atoms with Crippen LogP contribution in [0.25, 0.3) is 10.2 Å². The van der Waals surface area contributed by atoms with E-state index in [4.69, 9.17) is 16.3 Å². The number of sulfonamides is 1. The molecule has 0 radical (unpaired) electrons. The number of hydrogen-bond acceptors (Lipinski definition) is 6. The molecule has 1 aromatic heterocycles. The molecular formula is C22H24ClN3O4S3. The van der Waals surface area contributed by atoms with E-state index in [2.05, 4.69) is 4.99 Å². The van der Waals surface area contributed by atoms with Gasteiger partial charge in [0, 0.05) is 29.9 Å². The van der Waals surface area contributed by atoms with Gasteiger partial charge in [-0.3, -0.25) is 4.79 Å². The first-order valence-electron chi connectivity index (χ1n) is 10.4. The lowest BCUT2D eigenvalue weighted by atomic mass is 10.2. The van der Waals surface area contributed by atoms with Crippen molar-refractivity contribution in [3.63, 3.8) is 0 Å². The van der Waals surface area contributed by atoms with Gasteiger partial charge in [0.15, 0.2) is 4.80 Å². The number of aromatic nitrogens is 1. The van der Waals surface area contributed by atoms with Gasteiger partial charge in [0.25, 0.3) is 5.91 Å². The largest absolute Gasteiger partial charge is 0.497 e. The summed E-state index contributed by atoms with van der Waals surface area (Å²) in [6, 6.07) is 10.9. The number of rotatable bonds is 7. The van der Waals surface area contributed by atoms with Crippen LogP contribution >= 0.6 is 34.7 Å². The van der Waals surface area contributed by atoms with Gasteiger partial charge in [-0.25, -0.2) is 8.42 Å². The zero-order valence-electron chi connectivity index (χ0n) is 18.2. The van der Waals surface area contributed by atoms with Gasteiger partial charge < -0.3 is 9.30 Å². The summed E-state index contributed by atoms with van der Waals surface area (Å²) in [5, 5.41) is 0.453. The summed E-state index contributed by atoms with van der Waals surface area (Å²) in [5.74, 6) is 1.14. The minimum Gasteiger partial charge on any atom is -0.497 e. The van der Waals surface area contributed by atoms with E-state index in [-0.39, 0.29) is 11.4 Å². The molecule has 176 valence electrons. The van der Waals surface area contributed by atoms with Gasteiger partial charge in [-0.15, -0.1) is 0 Å². The molecule has 33 heavy (non-hydrogen) atoms. The van der Waals surface area contributed by atoms with Crippen molar-refractivity contribution in [2.45, 2.75) is 30.3 Å². The third kappa shape index (κ3) is 5.00. The van der Waals surface area contributed by atoms with Crippen LogP contribution in [0.4, 0.5) is 0 Å². The van der Waals surface area contributed by atoms with Crippen molar-refractivity contribution in [1.82, 2.24) is 8.87 Å². The maximum Gasteiger partial charge on any atom is 0.266 e. The average Bonchev–Trinajstić information content (AvgIpc) is 3.43. The Kier molecular flexibility index (Phi) is 7.49. The molecule has 0 bridgehead atoms. The fraction of sp³-hybridized carbons (Fsp3) is 0.364. The van der Waals surface area contributed by atoms with Crippen LogP contribution in [0.2, 0.25) is 5.02 Å². The van der Waals surface area contributed by atoms with Crippen molar-refractivity contribution in [2.24, 2.45) is 4.99 Å². The number of amides is 1. The second-order valence-corrected chi connectivity index (χ2v) is 11.9. The van der Waals surface area contributed by atoms with Crippen molar-refractivity contribution in [1.29, 1.82) is 0 Å². The predicted octanol–water partition coefficient (Wildman–Crippen LogP) is 4.01. The Morgan fingerprint density at radius 2 is 2.03 bits per heavy atom. The maximum absolute atomic E-state index is 13.3. The van der Waals surface area contributed by atoms with Crippen LogP contribution in [0.1, 0.15) is 12.8 Å². The van der Waals surface area contributed by atoms with Gasteiger partial charge in [-0.1, -0.05) is 22.9 Å². The van der Waals surface area contributed by atoms with Crippen molar-refractivity contribution in [3.8, 4) is 5.75 Å². The normalized spacial score (nSPS) is 17.7. The Hall–Kier alpha value is -1.85. The zero-order chi connectivity index (χ0) is 23.6. The number of halogens is 1. The van der Waals surface area contributed by atoms with Crippen LogP contribution in [-0.2, 0) is 21.4 Å². The summed E-state index contributed by atoms with van der Waals surface area (Å²) >= 11 is 9.02. The number of thioether (sulfide) groups is 1. The van der Waals surface area contributed by atoms with Gasteiger partial charge in [-0.05, 0) is 55.5 Å². The SMILES string of the molecule is COc1ccc2sc(=NC(=O)C3CCCN3S(=O)(=O)c3ccc(Cl)cc3)n(CCSC)c2c1. The standard InChI is InChI=1S/C22H24ClN3O4S3/c1-30-16-7-10-20-19(14-16)25(12-13-31-2)22(32-20)24-21(27)18-4-3-11-26(18)33(28,29)17-8-5-15(23)6-9-17/h5-10,14,18H,3-4,11-13H2,1-2H3. The molecule has 1 unspecified atom stereocenters. The van der Waals surface area contributed by atoms with Crippen molar-refractivity contribution in [2.75, 3.05) is 25.7 Å². The second-order valence-electron chi connectivity index (χ2n) is 7.54. The van der Waals surface area contributed by atoms with Gasteiger partial charge in [-0.2, -0.15) is 21.1 Å². The van der Waals surface area contributed by atoms with Gasteiger partial charge >= 0.3 is 0 Å². The first kappa shape index (κ1) is 24.3. The molecular weight excluding hydrogens is 502 g/mol. The van der Waals surface area contributed by atoms with Gasteiger partial charge in [0.2, 0.25) is 10.0 Å². The molecule has 11 heteroatoms. The summed E-state index contributed by atoms with van der Waals surface area (Å²) in [4.78, 5) is 18.4. The third-order valence-corrected chi connectivity index (χ3v) is 9.35. The Balaban J connectivity index is 1.71. The van der Waals surface area contributed by atoms with Crippen LogP contribution in [0.15, 0.2) is 52.4 Å². The molecule has 1 atom stereocenters. The fourth-order valence-corrected chi connectivity index (χ4v) is 7.03. The van der Waals surface area contributed by atoms with Crippen LogP contribution in [-0.4, -0.2) is 54.9 Å². The molecule has 1 saturated heterocycles. The molecule has 2 aromatic carbocycles. The summed E-state index contributed by atoms with van der Waals surface area (Å²) in [6.07, 6.45) is 3.07. The number of hydrogen-bond donors (Lipinski definition) is 0. The lowest BCUT2D eigenvalue weighted by molar-refractivity contribution is -0.121. The molecule has 0 N–H and O–H groups in total. The van der Waals surface area contributed by atoms with Crippen LogP contribution < -0.4 is 9.54 Å². The number of carbonyl (C=O) groups excluding carboxylic acids is 1. The number of thiazole rings is 1. The number of aryl methyl sites for hydroxylation is 1. The van der Waals surface area contributed by atoms with Crippen molar-refractivity contribution < 1.29 is 17.9 Å². The highest BCUT2D eigenvalue weighted by Crippen LogP contribution is 2.28. The number of fused-ring (bicyclic) bond motifs is 1. The lowest BCUT2D eigenvalue weighted by Gasteiger charge is -2.21. The number of benzene rings is 2. The topological polar surface area (TPSA) is 81.0 Å². The summed E-state index contributed by atoms with van der Waals surface area (Å²) in [5.41, 5.74) is 0.942. The Labute approximate surface area is 206 Å². The Morgan fingerprint density at radius 3 is 2.73 bits per heavy atom. The van der Waals surface area contributed by atoms with E-state index in [1.807, 2.05) is 29.0 Å². The molecule has 1 aliphatic heterocycles. The predicted molar refractivity (Wildman–Crippen MR) is 134 cm³/mol. The molecule has 0 spiro atoms. The molecule has 0 saturated carbocycles. The molecule has 1 aliphatic rings. The summed E-state index contributed by atoms with van der Waals surface area (Å²) in [6.45, 7) is 0.963. The lowest BCUT2D eigenvalue weighted by Crippen LogP contribution is -2.40. The first-order chi connectivity index (χ1) is 15.8. The molecule has 3 aromatic rings. The van der Waals surface area contributed by atoms with E-state index >= 15 is 0 Å². The molecule has 7 nitrogen and oxygen atoms in total. The molecule has 2 heterocycles. The van der Waals surface area contributed by atoms with Crippen LogP contribution in [0, 0.1) is 0 Å². The monoisotopic (exact) mass is 525 g/mol. The highest BCUT2D eigenvalue weighted by Gasteiger charge is 2.39. The van der Waals surface area contributed by atoms with Crippen molar-refractivity contribution in [3.05, 3.63) is 52.3 Å². The zero-order valence-corrected chi connectivity index (χ0v) is 21.4. The summed E-state index contributed by atoms with van der Waals surface area (Å²) < 4.78 is 36.0. The number of ether oxygens (including phenoxy) is 1. The average molecular weight is 526 g/mol. The smallest absolute Gasteiger partial charge is 0.266 e. The van der Waals surface area contributed by atoms with E-state index in [0.717, 1.165) is 21.7 Å². The Bertz CT molecular complexity index is 1330. The maximum atomic E-state index is 13.3. The number of nitrogens with zero attached hydrogens (tertiary/aromatic N) is 3. The van der Waals surface area contributed by atoms with Gasteiger partial charge in [0.1, 0.15) is 11.8 Å². The fourth-order valence-electron chi connectivity index (χ4n) is 3.85. The van der Waals surface area contributed by atoms with Crippen molar-refractivity contribution >= 4 is 60.8 Å². The van der Waals surface area contributed by atoms with E-state index < -0.39 is 22.0 Å². The minimum absolute atomic E-state index is 0.121. The molecule has 1 fully saturated rings. The molecule has 0 aliphatic carbocycles. The van der Waals surface area contributed by atoms with E-state index in [1.54, 1.807) is 18.9 Å². The number of methoxy groups -OCH3 is 1. The Morgan fingerprint density at radius 1 is 1.27 bits per heavy atom. The first-order valence-corrected chi connectivity index (χ1v) is 14.4. The summed E-state index contributed by atoms with van der Waals surface area (Å²) in [7, 11) is -2.21. The number of carbonyl (C=O) groups is 1. The highest BCUT2D eigenvalue weighted by molar-refractivity contribution is 7.98. The highest BCUT2D eigenvalue weighted by atomic mass is 35.5. The van der Waals surface area contributed by atoms with Crippen LogP contribution in [0.3, 0.4) is 0 Å².